The minimum absolute atomic E-state index is 0. The molecule has 1 saturated heterocycles. The summed E-state index contributed by atoms with van der Waals surface area (Å²) < 4.78 is 5.22. The SMILES string of the molecule is CCNC(=NCc1ccc(N2CCN(C)CC2)nc1)NCCNC(=O)OC(C)(C)C.I. The molecule has 3 N–H and O–H groups in total. The fraction of sp³-hybridized carbons (Fsp3) is 0.667. The number of nitrogens with zero attached hydrogens (tertiary/aromatic N) is 4. The lowest BCUT2D eigenvalue weighted by Crippen LogP contribution is -2.44. The molecule has 0 atom stereocenters. The van der Waals surface area contributed by atoms with Gasteiger partial charge >= 0.3 is 6.09 Å². The first kappa shape index (κ1) is 27.2. The summed E-state index contributed by atoms with van der Waals surface area (Å²) >= 11 is 0. The molecule has 0 unspecified atom stereocenters. The van der Waals surface area contributed by atoms with E-state index in [2.05, 4.69) is 54.9 Å². The number of pyridine rings is 1. The number of piperazine rings is 1. The maximum atomic E-state index is 11.7. The van der Waals surface area contributed by atoms with Gasteiger partial charge in [-0.2, -0.15) is 0 Å². The molecule has 1 amide bonds. The van der Waals surface area contributed by atoms with Gasteiger partial charge in [0.25, 0.3) is 0 Å². The molecule has 2 heterocycles. The summed E-state index contributed by atoms with van der Waals surface area (Å²) in [6, 6.07) is 4.15. The van der Waals surface area contributed by atoms with Gasteiger partial charge in [-0.1, -0.05) is 6.07 Å². The molecular formula is C21H38IN7O2. The minimum Gasteiger partial charge on any atom is -0.444 e. The van der Waals surface area contributed by atoms with Crippen molar-refractivity contribution in [3.05, 3.63) is 23.9 Å². The predicted octanol–water partition coefficient (Wildman–Crippen LogP) is 2.03. The van der Waals surface area contributed by atoms with Crippen molar-refractivity contribution < 1.29 is 9.53 Å². The maximum absolute atomic E-state index is 11.7. The van der Waals surface area contributed by atoms with Crippen molar-refractivity contribution in [1.29, 1.82) is 0 Å². The van der Waals surface area contributed by atoms with Gasteiger partial charge in [-0.3, -0.25) is 0 Å². The Hall–Kier alpha value is -1.82. The number of ether oxygens (including phenoxy) is 1. The van der Waals surface area contributed by atoms with Crippen LogP contribution in [0.4, 0.5) is 10.6 Å². The molecule has 9 nitrogen and oxygen atoms in total. The molecule has 2 rings (SSSR count). The Bertz CT molecular complexity index is 684. The van der Waals surface area contributed by atoms with E-state index in [-0.39, 0.29) is 24.0 Å². The lowest BCUT2D eigenvalue weighted by atomic mass is 10.2. The number of likely N-dealkylation sites (N-methyl/N-ethyl adjacent to an activating group) is 1. The summed E-state index contributed by atoms with van der Waals surface area (Å²) in [5.41, 5.74) is 0.555. The number of guanidine groups is 1. The largest absolute Gasteiger partial charge is 0.444 e. The van der Waals surface area contributed by atoms with Crippen LogP contribution < -0.4 is 20.9 Å². The first-order chi connectivity index (χ1) is 14.3. The topological polar surface area (TPSA) is 94.1 Å². The van der Waals surface area contributed by atoms with E-state index in [1.165, 1.54) is 0 Å². The van der Waals surface area contributed by atoms with Crippen LogP contribution in [0, 0.1) is 0 Å². The Labute approximate surface area is 203 Å². The zero-order chi connectivity index (χ0) is 22.0. The zero-order valence-electron chi connectivity index (χ0n) is 19.4. The van der Waals surface area contributed by atoms with E-state index in [1.54, 1.807) is 0 Å². The quantitative estimate of drug-likeness (QED) is 0.208. The maximum Gasteiger partial charge on any atom is 0.407 e. The van der Waals surface area contributed by atoms with E-state index in [0.717, 1.165) is 44.1 Å². The third-order valence-corrected chi connectivity index (χ3v) is 4.49. The van der Waals surface area contributed by atoms with Crippen LogP contribution in [0.5, 0.6) is 0 Å². The van der Waals surface area contributed by atoms with Crippen molar-refractivity contribution in [2.24, 2.45) is 4.99 Å². The van der Waals surface area contributed by atoms with Gasteiger partial charge in [-0.05, 0) is 46.4 Å². The molecule has 1 aromatic heterocycles. The molecule has 1 aliphatic heterocycles. The third-order valence-electron chi connectivity index (χ3n) is 4.49. The molecule has 31 heavy (non-hydrogen) atoms. The van der Waals surface area contributed by atoms with Crippen LogP contribution in [0.15, 0.2) is 23.3 Å². The van der Waals surface area contributed by atoms with E-state index >= 15 is 0 Å². The van der Waals surface area contributed by atoms with E-state index in [1.807, 2.05) is 33.9 Å². The second-order valence-electron chi connectivity index (χ2n) is 8.37. The highest BCUT2D eigenvalue weighted by atomic mass is 127. The van der Waals surface area contributed by atoms with Gasteiger partial charge in [-0.15, -0.1) is 24.0 Å². The van der Waals surface area contributed by atoms with Crippen LogP contribution >= 0.6 is 24.0 Å². The second kappa shape index (κ2) is 13.6. The number of hydrogen-bond acceptors (Lipinski definition) is 6. The lowest BCUT2D eigenvalue weighted by Gasteiger charge is -2.33. The number of hydrogen-bond donors (Lipinski definition) is 3. The van der Waals surface area contributed by atoms with Crippen molar-refractivity contribution in [3.8, 4) is 0 Å². The van der Waals surface area contributed by atoms with E-state index in [4.69, 9.17) is 4.74 Å². The molecule has 176 valence electrons. The summed E-state index contributed by atoms with van der Waals surface area (Å²) in [6.07, 6.45) is 1.47. The number of carbonyl (C=O) groups is 1. The molecule has 0 spiro atoms. The number of nitrogens with one attached hydrogen (secondary N) is 3. The highest BCUT2D eigenvalue weighted by Crippen LogP contribution is 2.14. The van der Waals surface area contributed by atoms with Crippen LogP contribution in [-0.4, -0.2) is 80.4 Å². The normalized spacial score (nSPS) is 15.1. The molecule has 1 fully saturated rings. The number of rotatable bonds is 7. The van der Waals surface area contributed by atoms with E-state index in [9.17, 15) is 4.79 Å². The number of halogens is 1. The van der Waals surface area contributed by atoms with Crippen molar-refractivity contribution in [3.63, 3.8) is 0 Å². The summed E-state index contributed by atoms with van der Waals surface area (Å²) in [5.74, 6) is 1.72. The summed E-state index contributed by atoms with van der Waals surface area (Å²) in [5, 5.41) is 9.15. The Balaban J connectivity index is 0.00000480. The lowest BCUT2D eigenvalue weighted by molar-refractivity contribution is 0.0529. The van der Waals surface area contributed by atoms with Crippen molar-refractivity contribution in [2.45, 2.75) is 39.8 Å². The third kappa shape index (κ3) is 10.9. The molecule has 0 aliphatic carbocycles. The number of carbonyl (C=O) groups excluding carboxylic acids is 1. The second-order valence-corrected chi connectivity index (χ2v) is 8.37. The number of alkyl carbamates (subject to hydrolysis) is 1. The predicted molar refractivity (Wildman–Crippen MR) is 136 cm³/mol. The van der Waals surface area contributed by atoms with E-state index in [0.29, 0.717) is 25.6 Å². The molecule has 10 heteroatoms. The molecule has 1 aromatic rings. The number of aliphatic imine (C=N–C) groups is 1. The minimum atomic E-state index is -0.498. The average Bonchev–Trinajstić information content (AvgIpc) is 2.69. The molecule has 0 aromatic carbocycles. The first-order valence-electron chi connectivity index (χ1n) is 10.6. The van der Waals surface area contributed by atoms with Gasteiger partial charge in [-0.25, -0.2) is 14.8 Å². The number of anilines is 1. The van der Waals surface area contributed by atoms with Gasteiger partial charge < -0.3 is 30.5 Å². The fourth-order valence-electron chi connectivity index (χ4n) is 2.90. The Morgan fingerprint density at radius 3 is 2.39 bits per heavy atom. The van der Waals surface area contributed by atoms with Gasteiger partial charge in [0.15, 0.2) is 5.96 Å². The zero-order valence-corrected chi connectivity index (χ0v) is 21.7. The molecule has 0 radical (unpaired) electrons. The van der Waals surface area contributed by atoms with E-state index < -0.39 is 11.7 Å². The summed E-state index contributed by atoms with van der Waals surface area (Å²) in [4.78, 5) is 25.5. The highest BCUT2D eigenvalue weighted by molar-refractivity contribution is 14.0. The van der Waals surface area contributed by atoms with Crippen molar-refractivity contribution in [2.75, 3.05) is 57.8 Å². The summed E-state index contributed by atoms with van der Waals surface area (Å²) in [6.45, 7) is 14.0. The number of aromatic nitrogens is 1. The molecule has 0 saturated carbocycles. The summed E-state index contributed by atoms with van der Waals surface area (Å²) in [7, 11) is 2.15. The first-order valence-corrected chi connectivity index (χ1v) is 10.6. The van der Waals surface area contributed by atoms with Crippen LogP contribution in [-0.2, 0) is 11.3 Å². The van der Waals surface area contributed by atoms with Crippen LogP contribution in [0.2, 0.25) is 0 Å². The highest BCUT2D eigenvalue weighted by Gasteiger charge is 2.16. The van der Waals surface area contributed by atoms with Crippen LogP contribution in [0.1, 0.15) is 33.3 Å². The van der Waals surface area contributed by atoms with Crippen LogP contribution in [0.25, 0.3) is 0 Å². The molecule has 1 aliphatic rings. The molecular weight excluding hydrogens is 509 g/mol. The average molecular weight is 547 g/mol. The Kier molecular flexibility index (Phi) is 11.9. The Morgan fingerprint density at radius 2 is 1.81 bits per heavy atom. The standard InChI is InChI=1S/C21H37N7O2.HI/c1-6-22-19(23-9-10-24-20(29)30-21(2,3)4)26-16-17-7-8-18(25-15-17)28-13-11-27(5)12-14-28;/h7-8,15H,6,9-14,16H2,1-5H3,(H,24,29)(H2,22,23,26);1H. The number of amides is 1. The van der Waals surface area contributed by atoms with Gasteiger partial charge in [0.1, 0.15) is 11.4 Å². The van der Waals surface area contributed by atoms with Crippen molar-refractivity contribution >= 4 is 41.8 Å². The van der Waals surface area contributed by atoms with Crippen molar-refractivity contribution in [1.82, 2.24) is 25.8 Å². The van der Waals surface area contributed by atoms with Crippen LogP contribution in [0.3, 0.4) is 0 Å². The fourth-order valence-corrected chi connectivity index (χ4v) is 2.90. The van der Waals surface area contributed by atoms with Gasteiger partial charge in [0.05, 0.1) is 6.54 Å². The monoisotopic (exact) mass is 547 g/mol. The molecule has 0 bridgehead atoms. The smallest absolute Gasteiger partial charge is 0.407 e. The van der Waals surface area contributed by atoms with Gasteiger partial charge in [0.2, 0.25) is 0 Å². The van der Waals surface area contributed by atoms with Gasteiger partial charge in [0, 0.05) is 52.0 Å². The Morgan fingerprint density at radius 1 is 1.13 bits per heavy atom.